The first-order valence-electron chi connectivity index (χ1n) is 7.14. The van der Waals surface area contributed by atoms with Gasteiger partial charge in [0, 0.05) is 18.4 Å². The maximum absolute atomic E-state index is 5.99. The smallest absolute Gasteiger partial charge is 0.0475 e. The summed E-state index contributed by atoms with van der Waals surface area (Å²) in [5, 5.41) is 4.44. The van der Waals surface area contributed by atoms with Crippen LogP contribution in [0.15, 0.2) is 11.4 Å². The highest BCUT2D eigenvalue weighted by Crippen LogP contribution is 2.47. The number of hydrogen-bond donors (Lipinski definition) is 3. The van der Waals surface area contributed by atoms with E-state index in [4.69, 9.17) is 11.6 Å². The minimum absolute atomic E-state index is 0.975. The van der Waals surface area contributed by atoms with Crippen LogP contribution in [0.3, 0.4) is 0 Å². The third-order valence-corrected chi connectivity index (χ3v) is 3.40. The Bertz CT molecular complexity index is 248. The van der Waals surface area contributed by atoms with E-state index < -0.39 is 0 Å². The van der Waals surface area contributed by atoms with Gasteiger partial charge in [-0.2, -0.15) is 0 Å². The molecule has 2 aliphatic rings. The molecule has 4 nitrogen and oxygen atoms in total. The fourth-order valence-electron chi connectivity index (χ4n) is 2.39. The van der Waals surface area contributed by atoms with Gasteiger partial charge < -0.3 is 16.1 Å². The number of fused-ring (bicyclic) bond motifs is 1. The standard InChI is InChI=1S/C10H19N3.C2H7N.C2H6/c1-13(12)10-5-3-8-6-7(8)2-4-9(10)11;1-3-2;1-2/h7-8H,2-6,11-12H2,1H3;3H,1-2H3;1-2H3/b10-9-;;. The summed E-state index contributed by atoms with van der Waals surface area (Å²) in [6.45, 7) is 4.00. The topological polar surface area (TPSA) is 67.3 Å². The summed E-state index contributed by atoms with van der Waals surface area (Å²) >= 11 is 0. The maximum atomic E-state index is 5.99. The van der Waals surface area contributed by atoms with Crippen molar-refractivity contribution in [2.45, 2.75) is 46.0 Å². The van der Waals surface area contributed by atoms with E-state index in [0.29, 0.717) is 0 Å². The summed E-state index contributed by atoms with van der Waals surface area (Å²) < 4.78 is 0. The van der Waals surface area contributed by atoms with Gasteiger partial charge in [-0.25, -0.2) is 5.84 Å². The Hall–Kier alpha value is -0.740. The van der Waals surface area contributed by atoms with Gasteiger partial charge in [0.2, 0.25) is 0 Å². The Kier molecular flexibility index (Phi) is 8.85. The van der Waals surface area contributed by atoms with Gasteiger partial charge in [-0.1, -0.05) is 13.8 Å². The second-order valence-corrected chi connectivity index (χ2v) is 4.92. The normalized spacial score (nSPS) is 29.4. The van der Waals surface area contributed by atoms with Crippen molar-refractivity contribution >= 4 is 0 Å². The number of nitrogens with one attached hydrogen (secondary N) is 1. The van der Waals surface area contributed by atoms with Crippen LogP contribution in [0.5, 0.6) is 0 Å². The Balaban J connectivity index is 0.000000509. The molecule has 0 aliphatic heterocycles. The molecule has 0 aromatic carbocycles. The summed E-state index contributed by atoms with van der Waals surface area (Å²) in [5.74, 6) is 7.68. The van der Waals surface area contributed by atoms with Gasteiger partial charge in [-0.05, 0) is 58.0 Å². The lowest BCUT2D eigenvalue weighted by Crippen LogP contribution is -2.28. The fourth-order valence-corrected chi connectivity index (χ4v) is 2.39. The lowest BCUT2D eigenvalue weighted by Gasteiger charge is -2.21. The van der Waals surface area contributed by atoms with E-state index in [2.05, 4.69) is 5.32 Å². The molecule has 0 bridgehead atoms. The number of hydrogen-bond acceptors (Lipinski definition) is 4. The van der Waals surface area contributed by atoms with Crippen LogP contribution in [0.4, 0.5) is 0 Å². The van der Waals surface area contributed by atoms with Crippen molar-refractivity contribution in [3.63, 3.8) is 0 Å². The zero-order valence-corrected chi connectivity index (χ0v) is 12.8. The first kappa shape index (κ1) is 17.3. The van der Waals surface area contributed by atoms with Crippen LogP contribution in [0.1, 0.15) is 46.0 Å². The summed E-state index contributed by atoms with van der Waals surface area (Å²) in [6, 6.07) is 0. The average molecular weight is 256 g/mol. The van der Waals surface area contributed by atoms with Crippen LogP contribution in [-0.4, -0.2) is 26.2 Å². The van der Waals surface area contributed by atoms with Gasteiger partial charge in [-0.15, -0.1) is 0 Å². The molecule has 2 atom stereocenters. The highest BCUT2D eigenvalue weighted by Gasteiger charge is 2.37. The zero-order chi connectivity index (χ0) is 14.1. The van der Waals surface area contributed by atoms with Crippen LogP contribution >= 0.6 is 0 Å². The van der Waals surface area contributed by atoms with E-state index in [9.17, 15) is 0 Å². The monoisotopic (exact) mass is 256 g/mol. The molecule has 0 radical (unpaired) electrons. The molecule has 108 valence electrons. The Morgan fingerprint density at radius 3 is 2.00 bits per heavy atom. The molecule has 1 fully saturated rings. The summed E-state index contributed by atoms with van der Waals surface area (Å²) in [6.07, 6.45) is 6.09. The van der Waals surface area contributed by atoms with E-state index in [1.807, 2.05) is 35.0 Å². The molecular formula is C14H32N4. The van der Waals surface area contributed by atoms with E-state index in [-0.39, 0.29) is 0 Å². The number of allylic oxidation sites excluding steroid dienone is 2. The molecule has 0 heterocycles. The van der Waals surface area contributed by atoms with Gasteiger partial charge in [0.25, 0.3) is 0 Å². The Morgan fingerprint density at radius 2 is 1.56 bits per heavy atom. The van der Waals surface area contributed by atoms with E-state index in [1.54, 1.807) is 5.01 Å². The average Bonchev–Trinajstić information content (AvgIpc) is 3.06. The maximum Gasteiger partial charge on any atom is 0.0475 e. The van der Waals surface area contributed by atoms with Crippen molar-refractivity contribution in [2.24, 2.45) is 23.4 Å². The molecule has 5 N–H and O–H groups in total. The fraction of sp³-hybridized carbons (Fsp3) is 0.857. The summed E-state index contributed by atoms with van der Waals surface area (Å²) in [7, 11) is 5.63. The molecule has 0 amide bonds. The molecule has 0 spiro atoms. The minimum atomic E-state index is 0.975. The van der Waals surface area contributed by atoms with Crippen LogP contribution in [-0.2, 0) is 0 Å². The number of nitrogens with zero attached hydrogens (tertiary/aromatic N) is 1. The molecule has 2 unspecified atom stereocenters. The summed E-state index contributed by atoms with van der Waals surface area (Å²) in [5.41, 5.74) is 8.16. The predicted octanol–water partition coefficient (Wildman–Crippen LogP) is 2.03. The highest BCUT2D eigenvalue weighted by molar-refractivity contribution is 5.12. The first-order valence-corrected chi connectivity index (χ1v) is 7.14. The number of hydrazine groups is 1. The van der Waals surface area contributed by atoms with Crippen molar-refractivity contribution in [2.75, 3.05) is 21.1 Å². The molecule has 2 rings (SSSR count). The second-order valence-electron chi connectivity index (χ2n) is 4.92. The summed E-state index contributed by atoms with van der Waals surface area (Å²) in [4.78, 5) is 0. The highest BCUT2D eigenvalue weighted by atomic mass is 15.4. The lowest BCUT2D eigenvalue weighted by molar-refractivity contribution is 0.394. The number of nitrogens with two attached hydrogens (primary N) is 2. The van der Waals surface area contributed by atoms with E-state index >= 15 is 0 Å². The number of rotatable bonds is 1. The third kappa shape index (κ3) is 5.74. The Labute approximate surface area is 113 Å². The molecular weight excluding hydrogens is 224 g/mol. The van der Waals surface area contributed by atoms with Crippen molar-refractivity contribution < 1.29 is 0 Å². The molecule has 0 saturated heterocycles. The Morgan fingerprint density at radius 1 is 1.11 bits per heavy atom. The van der Waals surface area contributed by atoms with Gasteiger partial charge in [0.1, 0.15) is 0 Å². The molecule has 0 aromatic heterocycles. The van der Waals surface area contributed by atoms with Crippen LogP contribution in [0.2, 0.25) is 0 Å². The first-order chi connectivity index (χ1) is 8.60. The largest absolute Gasteiger partial charge is 0.401 e. The van der Waals surface area contributed by atoms with Gasteiger partial charge in [-0.3, -0.25) is 0 Å². The van der Waals surface area contributed by atoms with Crippen molar-refractivity contribution in [1.29, 1.82) is 0 Å². The van der Waals surface area contributed by atoms with Gasteiger partial charge in [0.05, 0.1) is 0 Å². The van der Waals surface area contributed by atoms with Gasteiger partial charge >= 0.3 is 0 Å². The second kappa shape index (κ2) is 9.22. The molecule has 0 aromatic rings. The molecule has 4 heteroatoms. The van der Waals surface area contributed by atoms with Crippen LogP contribution in [0.25, 0.3) is 0 Å². The zero-order valence-electron chi connectivity index (χ0n) is 12.8. The van der Waals surface area contributed by atoms with E-state index in [1.165, 1.54) is 19.3 Å². The van der Waals surface area contributed by atoms with Gasteiger partial charge in [0.15, 0.2) is 0 Å². The van der Waals surface area contributed by atoms with Crippen molar-refractivity contribution in [3.05, 3.63) is 11.4 Å². The molecule has 18 heavy (non-hydrogen) atoms. The molecule has 1 saturated carbocycles. The quantitative estimate of drug-likeness (QED) is 0.496. The third-order valence-electron chi connectivity index (χ3n) is 3.40. The van der Waals surface area contributed by atoms with Crippen molar-refractivity contribution in [1.82, 2.24) is 10.3 Å². The SMILES string of the molecule is CC.CN(N)/C1=C(\N)CCC2CC2CC1.CNC. The minimum Gasteiger partial charge on any atom is -0.401 e. The van der Waals surface area contributed by atoms with Crippen LogP contribution in [0, 0.1) is 11.8 Å². The lowest BCUT2D eigenvalue weighted by atomic mass is 10.0. The van der Waals surface area contributed by atoms with E-state index in [0.717, 1.165) is 36.1 Å². The molecule has 2 aliphatic carbocycles. The predicted molar refractivity (Wildman–Crippen MR) is 79.6 cm³/mol. The van der Waals surface area contributed by atoms with Crippen LogP contribution < -0.4 is 16.9 Å². The van der Waals surface area contributed by atoms with Crippen molar-refractivity contribution in [3.8, 4) is 0 Å².